The van der Waals surface area contributed by atoms with Crippen LogP contribution in [0, 0.1) is 0 Å². The second-order valence-electron chi connectivity index (χ2n) is 6.20. The molecule has 0 bridgehead atoms. The van der Waals surface area contributed by atoms with Crippen LogP contribution in [0.25, 0.3) is 32.6 Å². The van der Waals surface area contributed by atoms with Gasteiger partial charge in [0.15, 0.2) is 0 Å². The molecule has 0 aliphatic rings. The lowest BCUT2D eigenvalue weighted by molar-refractivity contribution is 0.0697. The van der Waals surface area contributed by atoms with Crippen molar-refractivity contribution < 1.29 is 9.90 Å². The Morgan fingerprint density at radius 1 is 1.00 bits per heavy atom. The molecule has 0 aliphatic carbocycles. The molecule has 0 spiro atoms. The van der Waals surface area contributed by atoms with Crippen LogP contribution in [0.3, 0.4) is 0 Å². The minimum atomic E-state index is -0.922. The number of hydrogen-bond donors (Lipinski definition) is 1. The Balaban J connectivity index is 1.67. The number of aromatic carboxylic acids is 1. The van der Waals surface area contributed by atoms with E-state index in [0.717, 1.165) is 38.2 Å². The Labute approximate surface area is 160 Å². The summed E-state index contributed by atoms with van der Waals surface area (Å²) >= 11 is 1.58. The fourth-order valence-electron chi connectivity index (χ4n) is 2.96. The standard InChI is InChI=1S/C22H16N2O2S/c1-23-12-14-2-4-16(5-3-14)20-13-27-21(24-20)17-8-6-15-7-9-18(22(25)26)11-19(15)10-17/h2-11,13H,1,12H2,(H,25,26). The van der Waals surface area contributed by atoms with Crippen molar-refractivity contribution in [3.8, 4) is 21.8 Å². The molecule has 27 heavy (non-hydrogen) atoms. The van der Waals surface area contributed by atoms with Crippen molar-refractivity contribution in [2.45, 2.75) is 6.54 Å². The van der Waals surface area contributed by atoms with Crippen molar-refractivity contribution in [3.05, 3.63) is 77.2 Å². The zero-order valence-electron chi connectivity index (χ0n) is 14.4. The lowest BCUT2D eigenvalue weighted by Crippen LogP contribution is -1.95. The molecule has 1 heterocycles. The molecule has 5 heteroatoms. The van der Waals surface area contributed by atoms with E-state index in [9.17, 15) is 9.90 Å². The highest BCUT2D eigenvalue weighted by molar-refractivity contribution is 7.13. The normalized spacial score (nSPS) is 10.8. The summed E-state index contributed by atoms with van der Waals surface area (Å²) in [5, 5.41) is 14.0. The van der Waals surface area contributed by atoms with Crippen LogP contribution in [-0.4, -0.2) is 22.8 Å². The number of fused-ring (bicyclic) bond motifs is 1. The average Bonchev–Trinajstić information content (AvgIpc) is 3.18. The van der Waals surface area contributed by atoms with E-state index in [4.69, 9.17) is 4.98 Å². The molecule has 0 saturated carbocycles. The van der Waals surface area contributed by atoms with Gasteiger partial charge in [0, 0.05) is 16.5 Å². The maximum absolute atomic E-state index is 11.2. The van der Waals surface area contributed by atoms with Crippen LogP contribution in [0.2, 0.25) is 0 Å². The highest BCUT2D eigenvalue weighted by atomic mass is 32.1. The van der Waals surface area contributed by atoms with Gasteiger partial charge in [0.05, 0.1) is 17.8 Å². The van der Waals surface area contributed by atoms with Crippen LogP contribution in [0.4, 0.5) is 0 Å². The minimum absolute atomic E-state index is 0.286. The molecule has 132 valence electrons. The van der Waals surface area contributed by atoms with Crippen LogP contribution in [0.15, 0.2) is 71.0 Å². The Morgan fingerprint density at radius 2 is 1.74 bits per heavy atom. The molecule has 0 unspecified atom stereocenters. The van der Waals surface area contributed by atoms with Crippen LogP contribution in [0.1, 0.15) is 15.9 Å². The first-order valence-corrected chi connectivity index (χ1v) is 9.27. The largest absolute Gasteiger partial charge is 0.478 e. The molecule has 4 nitrogen and oxygen atoms in total. The van der Waals surface area contributed by atoms with Gasteiger partial charge in [0.1, 0.15) is 5.01 Å². The van der Waals surface area contributed by atoms with Gasteiger partial charge in [-0.05, 0) is 41.3 Å². The summed E-state index contributed by atoms with van der Waals surface area (Å²) in [6.45, 7) is 4.13. The van der Waals surface area contributed by atoms with E-state index in [0.29, 0.717) is 6.54 Å². The zero-order valence-corrected chi connectivity index (χ0v) is 15.2. The van der Waals surface area contributed by atoms with Crippen LogP contribution < -0.4 is 0 Å². The molecule has 4 aromatic rings. The number of hydrogen-bond acceptors (Lipinski definition) is 4. The minimum Gasteiger partial charge on any atom is -0.478 e. The summed E-state index contributed by atoms with van der Waals surface area (Å²) < 4.78 is 0. The van der Waals surface area contributed by atoms with Crippen molar-refractivity contribution in [2.75, 3.05) is 0 Å². The van der Waals surface area contributed by atoms with Crippen molar-refractivity contribution in [3.63, 3.8) is 0 Å². The number of thiazole rings is 1. The summed E-state index contributed by atoms with van der Waals surface area (Å²) in [7, 11) is 0. The van der Waals surface area contributed by atoms with E-state index < -0.39 is 5.97 Å². The number of rotatable bonds is 5. The predicted octanol–water partition coefficient (Wildman–Crippen LogP) is 5.53. The zero-order chi connectivity index (χ0) is 18.8. The SMILES string of the molecule is C=NCc1ccc(-c2csc(-c3ccc4ccc(C(=O)O)cc4c3)n2)cc1. The van der Waals surface area contributed by atoms with Gasteiger partial charge in [-0.3, -0.25) is 4.99 Å². The smallest absolute Gasteiger partial charge is 0.335 e. The summed E-state index contributed by atoms with van der Waals surface area (Å²) in [6.07, 6.45) is 0. The summed E-state index contributed by atoms with van der Waals surface area (Å²) in [4.78, 5) is 19.9. The van der Waals surface area contributed by atoms with Crippen LogP contribution in [-0.2, 0) is 6.54 Å². The maximum Gasteiger partial charge on any atom is 0.335 e. The molecule has 0 radical (unpaired) electrons. The first-order valence-electron chi connectivity index (χ1n) is 8.39. The van der Waals surface area contributed by atoms with Crippen molar-refractivity contribution in [2.24, 2.45) is 4.99 Å². The van der Waals surface area contributed by atoms with E-state index >= 15 is 0 Å². The number of aliphatic imine (C=N–C) groups is 1. The predicted molar refractivity (Wildman–Crippen MR) is 111 cm³/mol. The van der Waals surface area contributed by atoms with Crippen LogP contribution >= 0.6 is 11.3 Å². The molecular weight excluding hydrogens is 356 g/mol. The highest BCUT2D eigenvalue weighted by Gasteiger charge is 2.09. The summed E-state index contributed by atoms with van der Waals surface area (Å²) in [5.41, 5.74) is 4.36. The van der Waals surface area contributed by atoms with Gasteiger partial charge >= 0.3 is 5.97 Å². The van der Waals surface area contributed by atoms with E-state index in [1.807, 2.05) is 53.9 Å². The number of carboxylic acid groups (broad SMARTS) is 1. The number of carbonyl (C=O) groups is 1. The van der Waals surface area contributed by atoms with E-state index in [2.05, 4.69) is 11.7 Å². The average molecular weight is 372 g/mol. The lowest BCUT2D eigenvalue weighted by atomic mass is 10.0. The monoisotopic (exact) mass is 372 g/mol. The molecule has 0 fully saturated rings. The van der Waals surface area contributed by atoms with Gasteiger partial charge < -0.3 is 5.11 Å². The van der Waals surface area contributed by atoms with Gasteiger partial charge in [-0.25, -0.2) is 9.78 Å². The van der Waals surface area contributed by atoms with Crippen LogP contribution in [0.5, 0.6) is 0 Å². The van der Waals surface area contributed by atoms with Crippen molar-refractivity contribution >= 4 is 34.8 Å². The number of benzene rings is 3. The molecule has 0 aliphatic heterocycles. The lowest BCUT2D eigenvalue weighted by Gasteiger charge is -2.03. The maximum atomic E-state index is 11.2. The molecule has 3 aromatic carbocycles. The van der Waals surface area contributed by atoms with Gasteiger partial charge in [0.25, 0.3) is 0 Å². The third kappa shape index (κ3) is 3.50. The second-order valence-corrected chi connectivity index (χ2v) is 7.06. The Morgan fingerprint density at radius 3 is 2.48 bits per heavy atom. The third-order valence-corrected chi connectivity index (χ3v) is 5.27. The fraction of sp³-hybridized carbons (Fsp3) is 0.0455. The number of nitrogens with zero attached hydrogens (tertiary/aromatic N) is 2. The fourth-order valence-corrected chi connectivity index (χ4v) is 3.79. The number of aromatic nitrogens is 1. The molecule has 0 amide bonds. The van der Waals surface area contributed by atoms with Gasteiger partial charge in [-0.2, -0.15) is 0 Å². The molecule has 1 aromatic heterocycles. The van der Waals surface area contributed by atoms with Gasteiger partial charge in [0.2, 0.25) is 0 Å². The summed E-state index contributed by atoms with van der Waals surface area (Å²) in [5.74, 6) is -0.922. The molecule has 1 N–H and O–H groups in total. The van der Waals surface area contributed by atoms with E-state index in [-0.39, 0.29) is 5.56 Å². The van der Waals surface area contributed by atoms with Gasteiger partial charge in [-0.1, -0.05) is 42.5 Å². The quantitative estimate of drug-likeness (QED) is 0.469. The second kappa shape index (κ2) is 7.13. The topological polar surface area (TPSA) is 62.5 Å². The summed E-state index contributed by atoms with van der Waals surface area (Å²) in [6, 6.07) is 19.3. The molecular formula is C22H16N2O2S. The van der Waals surface area contributed by atoms with Crippen molar-refractivity contribution in [1.29, 1.82) is 0 Å². The van der Waals surface area contributed by atoms with E-state index in [1.165, 1.54) is 0 Å². The Bertz CT molecular complexity index is 1150. The highest BCUT2D eigenvalue weighted by Crippen LogP contribution is 2.31. The molecule has 4 rings (SSSR count). The third-order valence-electron chi connectivity index (χ3n) is 4.38. The molecule has 0 saturated heterocycles. The molecule has 0 atom stereocenters. The van der Waals surface area contributed by atoms with Gasteiger partial charge in [-0.15, -0.1) is 11.3 Å². The Hall–Kier alpha value is -3.31. The van der Waals surface area contributed by atoms with E-state index in [1.54, 1.807) is 23.5 Å². The first-order chi connectivity index (χ1) is 13.1. The first kappa shape index (κ1) is 17.1. The number of carboxylic acids is 1. The van der Waals surface area contributed by atoms with Crippen molar-refractivity contribution in [1.82, 2.24) is 4.98 Å². The Kier molecular flexibility index (Phi) is 4.52.